The molecule has 2 aliphatic rings. The Morgan fingerprint density at radius 3 is 1.43 bits per heavy atom. The van der Waals surface area contributed by atoms with Crippen LogP contribution in [0.3, 0.4) is 0 Å². The smallest absolute Gasteiger partial charge is 0.159 e. The molecule has 4 nitrogen and oxygen atoms in total. The Morgan fingerprint density at radius 1 is 0.338 bits per heavy atom. The van der Waals surface area contributed by atoms with Crippen LogP contribution in [-0.2, 0) is 21.7 Å². The predicted octanol–water partition coefficient (Wildman–Crippen LogP) is 21.9. The summed E-state index contributed by atoms with van der Waals surface area (Å²) in [6.07, 6.45) is 0. The second-order valence-corrected chi connectivity index (χ2v) is 25.7. The Kier molecular flexibility index (Phi) is 10.2. The van der Waals surface area contributed by atoms with Crippen molar-refractivity contribution in [2.24, 2.45) is 0 Å². The van der Waals surface area contributed by atoms with Crippen LogP contribution in [0.25, 0.3) is 87.7 Å². The summed E-state index contributed by atoms with van der Waals surface area (Å²) in [7, 11) is 0. The van der Waals surface area contributed by atoms with E-state index in [4.69, 9.17) is 8.83 Å². The number of benzene rings is 11. The lowest BCUT2D eigenvalue weighted by molar-refractivity contribution is 0.590. The fourth-order valence-corrected chi connectivity index (χ4v) is 13.8. The molecule has 0 amide bonds. The van der Waals surface area contributed by atoms with Gasteiger partial charge < -0.3 is 18.6 Å². The van der Waals surface area contributed by atoms with Gasteiger partial charge in [0, 0.05) is 54.8 Å². The minimum atomic E-state index is -0.357. The molecular weight excluding hydrogens is 973 g/mol. The summed E-state index contributed by atoms with van der Waals surface area (Å²) in [4.78, 5) is 4.88. The van der Waals surface area contributed by atoms with Gasteiger partial charge in [0.15, 0.2) is 11.2 Å². The zero-order valence-corrected chi connectivity index (χ0v) is 47.3. The Labute approximate surface area is 468 Å². The molecule has 0 N–H and O–H groups in total. The molecule has 0 saturated carbocycles. The Morgan fingerprint density at radius 2 is 0.825 bits per heavy atom. The third-order valence-electron chi connectivity index (χ3n) is 18.2. The van der Waals surface area contributed by atoms with Gasteiger partial charge in [0.1, 0.15) is 11.2 Å². The molecule has 2 aromatic heterocycles. The van der Waals surface area contributed by atoms with Crippen molar-refractivity contribution in [3.63, 3.8) is 0 Å². The first-order valence-corrected chi connectivity index (χ1v) is 28.4. The van der Waals surface area contributed by atoms with Gasteiger partial charge in [-0.15, -0.1) is 0 Å². The molecule has 15 rings (SSSR count). The summed E-state index contributed by atoms with van der Waals surface area (Å²) in [6, 6.07) is 76.8. The van der Waals surface area contributed by atoms with E-state index in [9.17, 15) is 0 Å². The summed E-state index contributed by atoms with van der Waals surface area (Å²) in [5, 5.41) is 9.39. The molecule has 390 valence electrons. The Balaban J connectivity index is 0.942. The molecule has 2 heterocycles. The molecule has 0 fully saturated rings. The fourth-order valence-electron chi connectivity index (χ4n) is 13.8. The van der Waals surface area contributed by atoms with E-state index in [-0.39, 0.29) is 21.7 Å². The number of nitrogens with zero attached hydrogens (tertiary/aromatic N) is 2. The maximum atomic E-state index is 6.91. The molecule has 0 aliphatic heterocycles. The van der Waals surface area contributed by atoms with Gasteiger partial charge in [-0.25, -0.2) is 0 Å². The predicted molar refractivity (Wildman–Crippen MR) is 338 cm³/mol. The van der Waals surface area contributed by atoms with Crippen LogP contribution in [0.1, 0.15) is 103 Å². The van der Waals surface area contributed by atoms with Crippen molar-refractivity contribution in [3.05, 3.63) is 240 Å². The van der Waals surface area contributed by atoms with Crippen LogP contribution in [-0.4, -0.2) is 0 Å². The standard InChI is InChI=1S/C76H64N2O2/c1-73(2,3)46-30-34-48(35-31-46)77(64-25-17-23-55-53-21-13-15-27-67(53)79-71(55)64)50-38-40-52-58-42-59-62(43-61(58)75(7,8)60(52)41-50)76(9,10)63-44-66(57-39-29-45-19-11-12-20-51(45)69(57)70(59)63)78(49-36-32-47(33-37-49)74(4,5)6)65-26-18-24-56-54-22-14-16-28-68(54)80-72(56)65/h11-44H,1-10H3. The van der Waals surface area contributed by atoms with Crippen LogP contribution in [0.5, 0.6) is 0 Å². The van der Waals surface area contributed by atoms with Crippen LogP contribution >= 0.6 is 0 Å². The number of anilines is 6. The Hall–Kier alpha value is -8.86. The minimum Gasteiger partial charge on any atom is -0.454 e. The minimum absolute atomic E-state index is 0.000580. The van der Waals surface area contributed by atoms with Crippen molar-refractivity contribution in [2.45, 2.75) is 90.9 Å². The SMILES string of the molecule is CC(C)(C)c1ccc(N(c2ccc3c(c2)C(C)(C)c2cc4c(cc2-3)-c2c(cc(N(c3ccc(C(C)(C)C)cc3)c3cccc5c3oc3ccccc35)c3ccc5ccccc5c23)C4(C)C)c2cccc3c2oc2ccccc23)cc1. The number of para-hydroxylation sites is 4. The van der Waals surface area contributed by atoms with E-state index in [1.54, 1.807) is 0 Å². The number of hydrogen-bond donors (Lipinski definition) is 0. The number of furan rings is 2. The first-order valence-electron chi connectivity index (χ1n) is 28.4. The van der Waals surface area contributed by atoms with E-state index in [1.807, 2.05) is 0 Å². The summed E-state index contributed by atoms with van der Waals surface area (Å²) in [5.41, 5.74) is 22.5. The molecule has 0 atom stereocenters. The van der Waals surface area contributed by atoms with Gasteiger partial charge in [0.05, 0.1) is 17.1 Å². The maximum absolute atomic E-state index is 6.91. The average Bonchev–Trinajstić information content (AvgIpc) is 2.94. The molecule has 0 radical (unpaired) electrons. The van der Waals surface area contributed by atoms with Gasteiger partial charge in [0.25, 0.3) is 0 Å². The first kappa shape index (κ1) is 48.3. The molecule has 0 unspecified atom stereocenters. The van der Waals surface area contributed by atoms with Crippen LogP contribution in [0.15, 0.2) is 215 Å². The van der Waals surface area contributed by atoms with E-state index >= 15 is 0 Å². The van der Waals surface area contributed by atoms with Crippen molar-refractivity contribution < 1.29 is 8.83 Å². The summed E-state index contributed by atoms with van der Waals surface area (Å²) in [6.45, 7) is 23.4. The van der Waals surface area contributed by atoms with Crippen molar-refractivity contribution in [1.82, 2.24) is 0 Å². The average molecular weight is 1040 g/mol. The molecule has 13 aromatic rings. The molecule has 2 aliphatic carbocycles. The highest BCUT2D eigenvalue weighted by Crippen LogP contribution is 2.61. The normalized spacial score (nSPS) is 14.3. The van der Waals surface area contributed by atoms with Gasteiger partial charge in [-0.05, 0) is 155 Å². The number of fused-ring (bicyclic) bond motifs is 16. The molecule has 0 bridgehead atoms. The lowest BCUT2D eigenvalue weighted by Gasteiger charge is -2.31. The van der Waals surface area contributed by atoms with Gasteiger partial charge in [-0.3, -0.25) is 0 Å². The van der Waals surface area contributed by atoms with E-state index in [2.05, 4.69) is 285 Å². The summed E-state index contributed by atoms with van der Waals surface area (Å²) < 4.78 is 13.7. The Bertz CT molecular complexity index is 4720. The third kappa shape index (κ3) is 7.00. The first-order chi connectivity index (χ1) is 38.4. The van der Waals surface area contributed by atoms with Crippen LogP contribution < -0.4 is 9.80 Å². The molecule has 0 saturated heterocycles. The van der Waals surface area contributed by atoms with E-state index in [1.165, 1.54) is 77.2 Å². The quantitative estimate of drug-likeness (QED) is 0.155. The third-order valence-corrected chi connectivity index (χ3v) is 18.2. The van der Waals surface area contributed by atoms with Gasteiger partial charge in [-0.2, -0.15) is 0 Å². The fraction of sp³-hybridized carbons (Fsp3) is 0.184. The lowest BCUT2D eigenvalue weighted by Crippen LogP contribution is -2.20. The van der Waals surface area contributed by atoms with Crippen molar-refractivity contribution in [1.29, 1.82) is 0 Å². The highest BCUT2D eigenvalue weighted by atomic mass is 16.3. The van der Waals surface area contributed by atoms with Crippen LogP contribution in [0, 0.1) is 0 Å². The largest absolute Gasteiger partial charge is 0.454 e. The molecule has 80 heavy (non-hydrogen) atoms. The summed E-state index contributed by atoms with van der Waals surface area (Å²) in [5.74, 6) is 0. The van der Waals surface area contributed by atoms with E-state index in [0.717, 1.165) is 78.0 Å². The monoisotopic (exact) mass is 1040 g/mol. The van der Waals surface area contributed by atoms with Gasteiger partial charge in [-0.1, -0.05) is 203 Å². The number of rotatable bonds is 6. The van der Waals surface area contributed by atoms with Crippen molar-refractivity contribution in [3.8, 4) is 22.3 Å². The van der Waals surface area contributed by atoms with Gasteiger partial charge >= 0.3 is 0 Å². The molecule has 11 aromatic carbocycles. The highest BCUT2D eigenvalue weighted by molar-refractivity contribution is 6.22. The zero-order valence-electron chi connectivity index (χ0n) is 47.3. The van der Waals surface area contributed by atoms with E-state index in [0.29, 0.717) is 0 Å². The lowest BCUT2D eigenvalue weighted by atomic mass is 9.77. The molecule has 0 spiro atoms. The molecule has 4 heteroatoms. The van der Waals surface area contributed by atoms with E-state index < -0.39 is 0 Å². The second kappa shape index (κ2) is 16.8. The number of hydrogen-bond acceptors (Lipinski definition) is 4. The molecular formula is C76H64N2O2. The van der Waals surface area contributed by atoms with Gasteiger partial charge in [0.2, 0.25) is 0 Å². The second-order valence-electron chi connectivity index (χ2n) is 25.7. The summed E-state index contributed by atoms with van der Waals surface area (Å²) >= 11 is 0. The topological polar surface area (TPSA) is 32.8 Å². The highest BCUT2D eigenvalue weighted by Gasteiger charge is 2.44. The maximum Gasteiger partial charge on any atom is 0.159 e. The van der Waals surface area contributed by atoms with Crippen molar-refractivity contribution in [2.75, 3.05) is 9.80 Å². The van der Waals surface area contributed by atoms with Crippen molar-refractivity contribution >= 4 is 99.5 Å². The zero-order chi connectivity index (χ0) is 54.8. The van der Waals surface area contributed by atoms with Crippen LogP contribution in [0.4, 0.5) is 34.1 Å². The van der Waals surface area contributed by atoms with Crippen LogP contribution in [0.2, 0.25) is 0 Å².